The lowest BCUT2D eigenvalue weighted by atomic mass is 10.0. The molecule has 1 aliphatic heterocycles. The minimum absolute atomic E-state index is 0.0746. The highest BCUT2D eigenvalue weighted by Crippen LogP contribution is 2.16. The van der Waals surface area contributed by atoms with E-state index in [9.17, 15) is 9.90 Å². The fraction of sp³-hybridized carbons (Fsp3) is 0.944. The molecule has 3 nitrogen and oxygen atoms in total. The van der Waals surface area contributed by atoms with Gasteiger partial charge in [0.2, 0.25) is 0 Å². The molecule has 2 atom stereocenters. The molecule has 2 unspecified atom stereocenters. The number of aliphatic hydroxyl groups excluding tert-OH is 1. The maximum absolute atomic E-state index is 11.4. The minimum atomic E-state index is -0.458. The molecule has 21 heavy (non-hydrogen) atoms. The number of epoxide rings is 1. The van der Waals surface area contributed by atoms with E-state index in [1.165, 1.54) is 64.2 Å². The van der Waals surface area contributed by atoms with Gasteiger partial charge in [-0.3, -0.25) is 4.79 Å². The molecular weight excluding hydrogens is 264 g/mol. The van der Waals surface area contributed by atoms with Crippen molar-refractivity contribution < 1.29 is 14.6 Å². The van der Waals surface area contributed by atoms with Crippen LogP contribution in [0.1, 0.15) is 90.4 Å². The summed E-state index contributed by atoms with van der Waals surface area (Å²) in [7, 11) is 0. The largest absolute Gasteiger partial charge is 0.393 e. The third-order valence-electron chi connectivity index (χ3n) is 4.27. The number of rotatable bonds is 15. The Morgan fingerprint density at radius 2 is 1.48 bits per heavy atom. The molecule has 1 N–H and O–H groups in total. The molecule has 0 saturated carbocycles. The van der Waals surface area contributed by atoms with Gasteiger partial charge in [-0.2, -0.15) is 0 Å². The second-order valence-electron chi connectivity index (χ2n) is 6.47. The van der Waals surface area contributed by atoms with Crippen LogP contribution in [-0.4, -0.2) is 29.7 Å². The monoisotopic (exact) mass is 298 g/mol. The van der Waals surface area contributed by atoms with E-state index in [2.05, 4.69) is 6.92 Å². The van der Waals surface area contributed by atoms with Crippen LogP contribution in [0.4, 0.5) is 0 Å². The number of Topliss-reactive ketones (excluding diaryl/α,β-unsaturated/α-hetero) is 1. The van der Waals surface area contributed by atoms with Crippen molar-refractivity contribution in [1.29, 1.82) is 0 Å². The SMILES string of the molecule is CCCCCCCCCCCCCC(O)CC(=O)C1CO1. The summed E-state index contributed by atoms with van der Waals surface area (Å²) < 4.78 is 4.92. The predicted octanol–water partition coefficient (Wildman–Crippen LogP) is 4.41. The topological polar surface area (TPSA) is 49.8 Å². The van der Waals surface area contributed by atoms with Crippen molar-refractivity contribution in [3.63, 3.8) is 0 Å². The van der Waals surface area contributed by atoms with Gasteiger partial charge in [-0.25, -0.2) is 0 Å². The van der Waals surface area contributed by atoms with Gasteiger partial charge in [-0.15, -0.1) is 0 Å². The molecule has 1 aliphatic rings. The highest BCUT2D eigenvalue weighted by molar-refractivity contribution is 5.85. The molecule has 0 aromatic heterocycles. The van der Waals surface area contributed by atoms with Crippen molar-refractivity contribution in [2.24, 2.45) is 0 Å². The highest BCUT2D eigenvalue weighted by atomic mass is 16.6. The summed E-state index contributed by atoms with van der Waals surface area (Å²) in [5.41, 5.74) is 0. The summed E-state index contributed by atoms with van der Waals surface area (Å²) in [4.78, 5) is 11.4. The number of aliphatic hydroxyl groups is 1. The molecular formula is C18H34O3. The summed E-state index contributed by atoms with van der Waals surface area (Å²) >= 11 is 0. The molecule has 1 saturated heterocycles. The van der Waals surface area contributed by atoms with Crippen molar-refractivity contribution >= 4 is 5.78 Å². The predicted molar refractivity (Wildman–Crippen MR) is 86.4 cm³/mol. The molecule has 0 spiro atoms. The maximum Gasteiger partial charge on any atom is 0.166 e. The van der Waals surface area contributed by atoms with Gasteiger partial charge in [0.15, 0.2) is 5.78 Å². The zero-order chi connectivity index (χ0) is 15.3. The standard InChI is InChI=1S/C18H34O3/c1-2-3-4-5-6-7-8-9-10-11-12-13-16(19)14-17(20)18-15-21-18/h16,18-19H,2-15H2,1H3. The molecule has 1 heterocycles. The van der Waals surface area contributed by atoms with Gasteiger partial charge in [-0.1, -0.05) is 77.6 Å². The number of ketones is 1. The van der Waals surface area contributed by atoms with Crippen LogP contribution < -0.4 is 0 Å². The van der Waals surface area contributed by atoms with Crippen LogP contribution in [-0.2, 0) is 9.53 Å². The first-order valence-electron chi connectivity index (χ1n) is 9.06. The molecule has 1 rings (SSSR count). The van der Waals surface area contributed by atoms with Crippen LogP contribution >= 0.6 is 0 Å². The zero-order valence-corrected chi connectivity index (χ0v) is 13.8. The first kappa shape index (κ1) is 18.6. The van der Waals surface area contributed by atoms with Crippen LogP contribution in [0.5, 0.6) is 0 Å². The van der Waals surface area contributed by atoms with Gasteiger partial charge in [0.25, 0.3) is 0 Å². The average molecular weight is 298 g/mol. The molecule has 0 aromatic carbocycles. The van der Waals surface area contributed by atoms with Crippen LogP contribution in [0.25, 0.3) is 0 Å². The van der Waals surface area contributed by atoms with E-state index in [-0.39, 0.29) is 18.3 Å². The van der Waals surface area contributed by atoms with E-state index >= 15 is 0 Å². The van der Waals surface area contributed by atoms with Crippen molar-refractivity contribution in [2.45, 2.75) is 103 Å². The number of carbonyl (C=O) groups is 1. The minimum Gasteiger partial charge on any atom is -0.393 e. The maximum atomic E-state index is 11.4. The summed E-state index contributed by atoms with van der Waals surface area (Å²) in [5, 5.41) is 9.76. The summed E-state index contributed by atoms with van der Waals surface area (Å²) in [6.45, 7) is 2.82. The third-order valence-corrected chi connectivity index (χ3v) is 4.27. The quantitative estimate of drug-likeness (QED) is 0.360. The molecule has 0 aromatic rings. The Bertz CT molecular complexity index is 261. The molecule has 0 bridgehead atoms. The van der Waals surface area contributed by atoms with Crippen molar-refractivity contribution in [3.05, 3.63) is 0 Å². The Kier molecular flexibility index (Phi) is 10.8. The Morgan fingerprint density at radius 3 is 1.95 bits per heavy atom. The van der Waals surface area contributed by atoms with Crippen molar-refractivity contribution in [1.82, 2.24) is 0 Å². The lowest BCUT2D eigenvalue weighted by Gasteiger charge is -2.08. The third kappa shape index (κ3) is 10.9. The van der Waals surface area contributed by atoms with E-state index in [0.29, 0.717) is 6.61 Å². The Labute approximate surface area is 130 Å². The fourth-order valence-electron chi connectivity index (χ4n) is 2.74. The highest BCUT2D eigenvalue weighted by Gasteiger charge is 2.31. The van der Waals surface area contributed by atoms with Crippen LogP contribution in [0.3, 0.4) is 0 Å². The summed E-state index contributed by atoms with van der Waals surface area (Å²) in [6.07, 6.45) is 14.8. The molecule has 124 valence electrons. The summed E-state index contributed by atoms with van der Waals surface area (Å²) in [5.74, 6) is 0.0746. The van der Waals surface area contributed by atoms with Gasteiger partial charge in [-0.05, 0) is 6.42 Å². The molecule has 3 heteroatoms. The van der Waals surface area contributed by atoms with Gasteiger partial charge in [0, 0.05) is 6.42 Å². The van der Waals surface area contributed by atoms with Crippen LogP contribution in [0.2, 0.25) is 0 Å². The Hall–Kier alpha value is -0.410. The lowest BCUT2D eigenvalue weighted by molar-refractivity contribution is -0.122. The first-order valence-corrected chi connectivity index (χ1v) is 9.06. The van der Waals surface area contributed by atoms with Gasteiger partial charge in [0.05, 0.1) is 12.7 Å². The van der Waals surface area contributed by atoms with Crippen molar-refractivity contribution in [2.75, 3.05) is 6.61 Å². The first-order chi connectivity index (χ1) is 10.2. The smallest absolute Gasteiger partial charge is 0.166 e. The molecule has 0 amide bonds. The Morgan fingerprint density at radius 1 is 1.00 bits per heavy atom. The van der Waals surface area contributed by atoms with Gasteiger partial charge < -0.3 is 9.84 Å². The molecule has 1 fully saturated rings. The number of ether oxygens (including phenoxy) is 1. The van der Waals surface area contributed by atoms with Crippen molar-refractivity contribution in [3.8, 4) is 0 Å². The molecule has 0 aliphatic carbocycles. The van der Waals surface area contributed by atoms with E-state index in [1.807, 2.05) is 0 Å². The van der Waals surface area contributed by atoms with Crippen LogP contribution in [0, 0.1) is 0 Å². The fourth-order valence-corrected chi connectivity index (χ4v) is 2.74. The van der Waals surface area contributed by atoms with Gasteiger partial charge in [0.1, 0.15) is 6.10 Å². The van der Waals surface area contributed by atoms with E-state index < -0.39 is 6.10 Å². The summed E-state index contributed by atoms with van der Waals surface area (Å²) in [6, 6.07) is 0. The normalized spacial score (nSPS) is 18.7. The van der Waals surface area contributed by atoms with Crippen LogP contribution in [0.15, 0.2) is 0 Å². The lowest BCUT2D eigenvalue weighted by Crippen LogP contribution is -2.17. The van der Waals surface area contributed by atoms with E-state index in [0.717, 1.165) is 12.8 Å². The average Bonchev–Trinajstić information content (AvgIpc) is 3.29. The van der Waals surface area contributed by atoms with E-state index in [4.69, 9.17) is 4.74 Å². The number of unbranched alkanes of at least 4 members (excludes halogenated alkanes) is 10. The molecule has 0 radical (unpaired) electrons. The van der Waals surface area contributed by atoms with Gasteiger partial charge >= 0.3 is 0 Å². The zero-order valence-electron chi connectivity index (χ0n) is 13.8. The Balaban J connectivity index is 1.76. The number of hydrogen-bond acceptors (Lipinski definition) is 3. The second-order valence-corrected chi connectivity index (χ2v) is 6.47. The number of carbonyl (C=O) groups excluding carboxylic acids is 1. The van der Waals surface area contributed by atoms with E-state index in [1.54, 1.807) is 0 Å². The second kappa shape index (κ2) is 12.2. The number of hydrogen-bond donors (Lipinski definition) is 1.